The number of hydrogen-bond donors (Lipinski definition) is 1. The van der Waals surface area contributed by atoms with Crippen LogP contribution in [0.3, 0.4) is 0 Å². The normalized spacial score (nSPS) is 10.1. The van der Waals surface area contributed by atoms with Gasteiger partial charge in [0.15, 0.2) is 0 Å². The van der Waals surface area contributed by atoms with Gasteiger partial charge in [0.2, 0.25) is 0 Å². The summed E-state index contributed by atoms with van der Waals surface area (Å²) >= 11 is 0. The van der Waals surface area contributed by atoms with Gasteiger partial charge in [0.1, 0.15) is 6.20 Å². The molecule has 1 rings (SSSR count). The molecular weight excluding hydrogens is 238 g/mol. The van der Waals surface area contributed by atoms with Crippen LogP contribution < -0.4 is 5.32 Å². The van der Waals surface area contributed by atoms with Crippen molar-refractivity contribution in [1.82, 2.24) is 10.3 Å². The van der Waals surface area contributed by atoms with Gasteiger partial charge in [-0.3, -0.25) is 19.9 Å². The fourth-order valence-corrected chi connectivity index (χ4v) is 1.33. The maximum absolute atomic E-state index is 11.8. The van der Waals surface area contributed by atoms with E-state index in [0.717, 1.165) is 6.20 Å². The van der Waals surface area contributed by atoms with E-state index in [9.17, 15) is 14.9 Å². The van der Waals surface area contributed by atoms with Gasteiger partial charge in [0.25, 0.3) is 11.6 Å². The van der Waals surface area contributed by atoms with Crippen molar-refractivity contribution in [3.05, 3.63) is 33.6 Å². The molecular formula is C11H15N3O4. The fraction of sp³-hybridized carbons (Fsp3) is 0.455. The first kappa shape index (κ1) is 14.0. The van der Waals surface area contributed by atoms with Crippen molar-refractivity contribution < 1.29 is 14.5 Å². The lowest BCUT2D eigenvalue weighted by molar-refractivity contribution is -0.385. The van der Waals surface area contributed by atoms with Gasteiger partial charge in [0, 0.05) is 19.2 Å². The number of amides is 1. The molecule has 1 aromatic rings. The van der Waals surface area contributed by atoms with Crippen molar-refractivity contribution in [2.75, 3.05) is 19.8 Å². The van der Waals surface area contributed by atoms with E-state index >= 15 is 0 Å². The molecule has 1 heterocycles. The monoisotopic (exact) mass is 253 g/mol. The molecule has 0 aromatic carbocycles. The highest BCUT2D eigenvalue weighted by Gasteiger charge is 2.15. The molecule has 1 N–H and O–H groups in total. The molecule has 0 unspecified atom stereocenters. The van der Waals surface area contributed by atoms with E-state index in [1.54, 1.807) is 6.92 Å². The molecule has 7 heteroatoms. The third-order valence-electron chi connectivity index (χ3n) is 2.26. The van der Waals surface area contributed by atoms with Crippen molar-refractivity contribution in [3.8, 4) is 0 Å². The minimum absolute atomic E-state index is 0.199. The van der Waals surface area contributed by atoms with Gasteiger partial charge in [0.05, 0.1) is 22.8 Å². The predicted molar refractivity (Wildman–Crippen MR) is 64.5 cm³/mol. The first-order chi connectivity index (χ1) is 8.56. The Morgan fingerprint density at radius 3 is 2.94 bits per heavy atom. The van der Waals surface area contributed by atoms with E-state index in [1.807, 2.05) is 6.92 Å². The smallest absolute Gasteiger partial charge is 0.288 e. The topological polar surface area (TPSA) is 94.4 Å². The maximum atomic E-state index is 11.8. The van der Waals surface area contributed by atoms with E-state index in [4.69, 9.17) is 4.74 Å². The summed E-state index contributed by atoms with van der Waals surface area (Å²) in [4.78, 5) is 25.6. The number of rotatable bonds is 6. The molecule has 0 saturated heterocycles. The number of aryl methyl sites for hydroxylation is 1. The Kier molecular flexibility index (Phi) is 5.19. The van der Waals surface area contributed by atoms with Crippen molar-refractivity contribution in [1.29, 1.82) is 0 Å². The number of nitrogens with zero attached hydrogens (tertiary/aromatic N) is 2. The van der Waals surface area contributed by atoms with E-state index in [2.05, 4.69) is 10.3 Å². The van der Waals surface area contributed by atoms with E-state index in [-0.39, 0.29) is 17.2 Å². The van der Waals surface area contributed by atoms with Crippen LogP contribution in [-0.4, -0.2) is 35.6 Å². The van der Waals surface area contributed by atoms with Gasteiger partial charge in [-0.05, 0) is 13.8 Å². The Labute approximate surface area is 104 Å². The van der Waals surface area contributed by atoms with Crippen molar-refractivity contribution in [3.63, 3.8) is 0 Å². The minimum Gasteiger partial charge on any atom is -0.380 e. The standard InChI is InChI=1S/C11H15N3O4/c1-3-18-5-4-12-11(15)10-6-9(14(16)17)7-13-8(10)2/h6-7H,3-5H2,1-2H3,(H,12,15). The van der Waals surface area contributed by atoms with E-state index in [1.165, 1.54) is 6.07 Å². The summed E-state index contributed by atoms with van der Waals surface area (Å²) in [5.74, 6) is -0.386. The first-order valence-electron chi connectivity index (χ1n) is 5.53. The number of pyridine rings is 1. The molecule has 98 valence electrons. The Morgan fingerprint density at radius 1 is 1.61 bits per heavy atom. The highest BCUT2D eigenvalue weighted by Crippen LogP contribution is 2.14. The van der Waals surface area contributed by atoms with Crippen molar-refractivity contribution in [2.24, 2.45) is 0 Å². The average molecular weight is 253 g/mol. The van der Waals surface area contributed by atoms with Crippen LogP contribution in [0, 0.1) is 17.0 Å². The Morgan fingerprint density at radius 2 is 2.33 bits per heavy atom. The molecule has 0 spiro atoms. The fourth-order valence-electron chi connectivity index (χ4n) is 1.33. The number of nitrogens with one attached hydrogen (secondary N) is 1. The highest BCUT2D eigenvalue weighted by molar-refractivity contribution is 5.95. The minimum atomic E-state index is -0.580. The Balaban J connectivity index is 2.72. The van der Waals surface area contributed by atoms with Crippen LogP contribution >= 0.6 is 0 Å². The van der Waals surface area contributed by atoms with Gasteiger partial charge in [-0.2, -0.15) is 0 Å². The van der Waals surface area contributed by atoms with Gasteiger partial charge < -0.3 is 10.1 Å². The van der Waals surface area contributed by atoms with Crippen LogP contribution in [0.15, 0.2) is 12.3 Å². The Hall–Kier alpha value is -2.02. The molecule has 0 saturated carbocycles. The lowest BCUT2D eigenvalue weighted by Crippen LogP contribution is -2.28. The van der Waals surface area contributed by atoms with Gasteiger partial charge in [-0.15, -0.1) is 0 Å². The zero-order valence-electron chi connectivity index (χ0n) is 10.3. The second-order valence-electron chi connectivity index (χ2n) is 3.54. The molecule has 0 aliphatic carbocycles. The molecule has 0 atom stereocenters. The summed E-state index contributed by atoms with van der Waals surface area (Å²) in [6.45, 7) is 4.82. The average Bonchev–Trinajstić information content (AvgIpc) is 2.34. The van der Waals surface area contributed by atoms with Crippen LogP contribution in [0.1, 0.15) is 23.0 Å². The summed E-state index contributed by atoms with van der Waals surface area (Å²) in [5.41, 5.74) is 0.464. The number of carbonyl (C=O) groups excluding carboxylic acids is 1. The number of ether oxygens (including phenoxy) is 1. The molecule has 0 radical (unpaired) electrons. The molecule has 0 aliphatic rings. The number of carbonyl (C=O) groups is 1. The number of nitro groups is 1. The quantitative estimate of drug-likeness (QED) is 0.464. The summed E-state index contributed by atoms with van der Waals surface area (Å²) in [6, 6.07) is 1.22. The summed E-state index contributed by atoms with van der Waals surface area (Å²) < 4.78 is 5.07. The SMILES string of the molecule is CCOCCNC(=O)c1cc([N+](=O)[O-])cnc1C. The van der Waals surface area contributed by atoms with Crippen LogP contribution in [0.4, 0.5) is 5.69 Å². The van der Waals surface area contributed by atoms with Crippen molar-refractivity contribution in [2.45, 2.75) is 13.8 Å². The van der Waals surface area contributed by atoms with Crippen LogP contribution in [-0.2, 0) is 4.74 Å². The second-order valence-corrected chi connectivity index (χ2v) is 3.54. The molecule has 1 aromatic heterocycles. The van der Waals surface area contributed by atoms with Gasteiger partial charge in [-0.25, -0.2) is 0 Å². The summed E-state index contributed by atoms with van der Waals surface area (Å²) in [7, 11) is 0. The Bertz CT molecular complexity index is 448. The highest BCUT2D eigenvalue weighted by atomic mass is 16.6. The molecule has 0 fully saturated rings. The predicted octanol–water partition coefficient (Wildman–Crippen LogP) is 1.06. The molecule has 18 heavy (non-hydrogen) atoms. The van der Waals surface area contributed by atoms with Crippen LogP contribution in [0.5, 0.6) is 0 Å². The second kappa shape index (κ2) is 6.65. The third-order valence-corrected chi connectivity index (χ3v) is 2.26. The van der Waals surface area contributed by atoms with Crippen LogP contribution in [0.2, 0.25) is 0 Å². The van der Waals surface area contributed by atoms with Crippen LogP contribution in [0.25, 0.3) is 0 Å². The summed E-state index contributed by atoms with van der Waals surface area (Å²) in [6.07, 6.45) is 1.13. The molecule has 0 aliphatic heterocycles. The molecule has 0 bridgehead atoms. The molecule has 7 nitrogen and oxygen atoms in total. The zero-order valence-corrected chi connectivity index (χ0v) is 10.3. The summed E-state index contributed by atoms with van der Waals surface area (Å²) in [5, 5.41) is 13.2. The number of hydrogen-bond acceptors (Lipinski definition) is 5. The molecule has 1 amide bonds. The lowest BCUT2D eigenvalue weighted by Gasteiger charge is -2.06. The number of aromatic nitrogens is 1. The van der Waals surface area contributed by atoms with Gasteiger partial charge >= 0.3 is 0 Å². The zero-order chi connectivity index (χ0) is 13.5. The van der Waals surface area contributed by atoms with E-state index in [0.29, 0.717) is 25.5 Å². The van der Waals surface area contributed by atoms with E-state index < -0.39 is 4.92 Å². The maximum Gasteiger partial charge on any atom is 0.288 e. The van der Waals surface area contributed by atoms with Crippen molar-refractivity contribution >= 4 is 11.6 Å². The van der Waals surface area contributed by atoms with Gasteiger partial charge in [-0.1, -0.05) is 0 Å². The largest absolute Gasteiger partial charge is 0.380 e. The first-order valence-corrected chi connectivity index (χ1v) is 5.53. The third kappa shape index (κ3) is 3.77. The lowest BCUT2D eigenvalue weighted by atomic mass is 10.2.